The first-order valence-corrected chi connectivity index (χ1v) is 10.3. The number of hydrogen-bond acceptors (Lipinski definition) is 3. The number of hydrogen-bond donors (Lipinski definition) is 3. The maximum absolute atomic E-state index is 11.2. The predicted molar refractivity (Wildman–Crippen MR) is 94.3 cm³/mol. The van der Waals surface area contributed by atoms with Crippen molar-refractivity contribution in [2.24, 2.45) is 40.4 Å². The van der Waals surface area contributed by atoms with Gasteiger partial charge in [-0.2, -0.15) is 0 Å². The van der Waals surface area contributed by atoms with Crippen molar-refractivity contribution < 1.29 is 15.3 Å². The molecule has 4 rings (SSSR count). The van der Waals surface area contributed by atoms with Crippen LogP contribution in [0.1, 0.15) is 72.1 Å². The van der Waals surface area contributed by atoms with Gasteiger partial charge in [-0.05, 0) is 98.7 Å². The van der Waals surface area contributed by atoms with Gasteiger partial charge >= 0.3 is 0 Å². The summed E-state index contributed by atoms with van der Waals surface area (Å²) in [5, 5.41) is 31.7. The smallest absolute Gasteiger partial charge is 0.0581 e. The monoisotopic (exact) mass is 336 g/mol. The molecule has 0 saturated heterocycles. The SMILES string of the molecule is CC(O)[C@H]1CC[C@H]2[C@@H]3CCC4CC(O)CC[C@]4(C)[C@H]3[C@@H](O)C[C@]12C. The quantitative estimate of drug-likeness (QED) is 0.688. The molecule has 3 unspecified atom stereocenters. The molecule has 0 aromatic heterocycles. The van der Waals surface area contributed by atoms with Crippen molar-refractivity contribution in [3.63, 3.8) is 0 Å². The van der Waals surface area contributed by atoms with Gasteiger partial charge in [0, 0.05) is 0 Å². The summed E-state index contributed by atoms with van der Waals surface area (Å²) in [4.78, 5) is 0. The van der Waals surface area contributed by atoms with Crippen LogP contribution in [0.15, 0.2) is 0 Å². The first kappa shape index (κ1) is 17.3. The maximum Gasteiger partial charge on any atom is 0.0581 e. The van der Waals surface area contributed by atoms with Crippen LogP contribution in [0.2, 0.25) is 0 Å². The second-order valence-electron chi connectivity index (χ2n) is 10.2. The first-order chi connectivity index (χ1) is 11.3. The highest BCUT2D eigenvalue weighted by atomic mass is 16.3. The van der Waals surface area contributed by atoms with Crippen molar-refractivity contribution in [3.05, 3.63) is 0 Å². The minimum atomic E-state index is -0.263. The van der Waals surface area contributed by atoms with Crippen LogP contribution in [-0.2, 0) is 0 Å². The summed E-state index contributed by atoms with van der Waals surface area (Å²) in [5.74, 6) is 2.59. The molecule has 3 nitrogen and oxygen atoms in total. The topological polar surface area (TPSA) is 60.7 Å². The van der Waals surface area contributed by atoms with Gasteiger partial charge in [-0.3, -0.25) is 0 Å². The lowest BCUT2D eigenvalue weighted by molar-refractivity contribution is -0.181. The van der Waals surface area contributed by atoms with Gasteiger partial charge in [0.05, 0.1) is 18.3 Å². The zero-order chi connectivity index (χ0) is 17.3. The largest absolute Gasteiger partial charge is 0.393 e. The van der Waals surface area contributed by atoms with Crippen molar-refractivity contribution in [3.8, 4) is 0 Å². The fourth-order valence-electron chi connectivity index (χ4n) is 8.19. The van der Waals surface area contributed by atoms with Crippen molar-refractivity contribution in [2.45, 2.75) is 90.4 Å². The second kappa shape index (κ2) is 5.69. The Hall–Kier alpha value is -0.120. The lowest BCUT2D eigenvalue weighted by atomic mass is 9.44. The Morgan fingerprint density at radius 3 is 2.42 bits per heavy atom. The molecule has 4 saturated carbocycles. The maximum atomic E-state index is 11.2. The van der Waals surface area contributed by atoms with E-state index in [9.17, 15) is 15.3 Å². The van der Waals surface area contributed by atoms with E-state index >= 15 is 0 Å². The Labute approximate surface area is 146 Å². The third kappa shape index (κ3) is 2.27. The Balaban J connectivity index is 1.66. The number of fused-ring (bicyclic) bond motifs is 5. The van der Waals surface area contributed by atoms with Gasteiger partial charge < -0.3 is 15.3 Å². The van der Waals surface area contributed by atoms with Crippen LogP contribution in [0.5, 0.6) is 0 Å². The summed E-state index contributed by atoms with van der Waals surface area (Å²) in [5.41, 5.74) is 0.304. The molecule has 0 bridgehead atoms. The molecular formula is C21H36O3. The minimum Gasteiger partial charge on any atom is -0.393 e. The molecule has 4 fully saturated rings. The van der Waals surface area contributed by atoms with Crippen molar-refractivity contribution in [2.75, 3.05) is 0 Å². The fourth-order valence-corrected chi connectivity index (χ4v) is 8.19. The summed E-state index contributed by atoms with van der Waals surface area (Å²) < 4.78 is 0. The van der Waals surface area contributed by atoms with Crippen LogP contribution >= 0.6 is 0 Å². The third-order valence-electron chi connectivity index (χ3n) is 9.22. The number of aliphatic hydroxyl groups excluding tert-OH is 3. The third-order valence-corrected chi connectivity index (χ3v) is 9.22. The van der Waals surface area contributed by atoms with E-state index in [0.717, 1.165) is 32.1 Å². The Kier molecular flexibility index (Phi) is 4.10. The highest BCUT2D eigenvalue weighted by molar-refractivity contribution is 5.12. The molecule has 4 aliphatic rings. The van der Waals surface area contributed by atoms with Crippen molar-refractivity contribution in [1.29, 1.82) is 0 Å². The van der Waals surface area contributed by atoms with E-state index in [4.69, 9.17) is 0 Å². The molecule has 0 radical (unpaired) electrons. The molecule has 138 valence electrons. The average Bonchev–Trinajstić information content (AvgIpc) is 2.84. The summed E-state index contributed by atoms with van der Waals surface area (Å²) in [6.07, 6.45) is 7.91. The van der Waals surface area contributed by atoms with Gasteiger partial charge in [-0.25, -0.2) is 0 Å². The number of rotatable bonds is 1. The van der Waals surface area contributed by atoms with Crippen LogP contribution in [0, 0.1) is 40.4 Å². The molecule has 10 atom stereocenters. The molecule has 0 heterocycles. The Morgan fingerprint density at radius 1 is 0.958 bits per heavy atom. The zero-order valence-corrected chi connectivity index (χ0v) is 15.6. The standard InChI is InChI=1S/C21H36O3/c1-12(22)16-6-7-17-15-5-4-13-10-14(23)8-9-20(13,2)19(15)18(24)11-21(16,17)3/h12-19,22-24H,4-11H2,1-3H3/t12?,13?,14?,15-,16+,17-,18-,19+,20-,21+/m0/s1. The van der Waals surface area contributed by atoms with Crippen LogP contribution in [0.3, 0.4) is 0 Å². The molecule has 0 aromatic rings. The van der Waals surface area contributed by atoms with Crippen LogP contribution < -0.4 is 0 Å². The van der Waals surface area contributed by atoms with E-state index < -0.39 is 0 Å². The molecular weight excluding hydrogens is 300 g/mol. The molecule has 3 N–H and O–H groups in total. The Bertz CT molecular complexity index is 491. The van der Waals surface area contributed by atoms with Crippen LogP contribution in [-0.4, -0.2) is 33.6 Å². The minimum absolute atomic E-state index is 0.103. The number of aliphatic hydroxyl groups is 3. The van der Waals surface area contributed by atoms with Gasteiger partial charge in [0.15, 0.2) is 0 Å². The average molecular weight is 337 g/mol. The first-order valence-electron chi connectivity index (χ1n) is 10.3. The lowest BCUT2D eigenvalue weighted by Gasteiger charge is -2.62. The van der Waals surface area contributed by atoms with Crippen LogP contribution in [0.25, 0.3) is 0 Å². The molecule has 3 heteroatoms. The van der Waals surface area contributed by atoms with E-state index in [1.807, 2.05) is 6.92 Å². The Morgan fingerprint density at radius 2 is 1.71 bits per heavy atom. The van der Waals surface area contributed by atoms with Crippen molar-refractivity contribution in [1.82, 2.24) is 0 Å². The van der Waals surface area contributed by atoms with Crippen molar-refractivity contribution >= 4 is 0 Å². The van der Waals surface area contributed by atoms with E-state index in [2.05, 4.69) is 13.8 Å². The highest BCUT2D eigenvalue weighted by Crippen LogP contribution is 2.67. The lowest BCUT2D eigenvalue weighted by Crippen LogP contribution is -2.59. The molecule has 0 aliphatic heterocycles. The normalized spacial score (nSPS) is 58.5. The zero-order valence-electron chi connectivity index (χ0n) is 15.6. The summed E-state index contributed by atoms with van der Waals surface area (Å²) in [7, 11) is 0. The van der Waals surface area contributed by atoms with Gasteiger partial charge in [0.1, 0.15) is 0 Å². The van der Waals surface area contributed by atoms with Gasteiger partial charge in [-0.15, -0.1) is 0 Å². The second-order valence-corrected chi connectivity index (χ2v) is 10.2. The fraction of sp³-hybridized carbons (Fsp3) is 1.00. The van der Waals surface area contributed by atoms with E-state index in [1.54, 1.807) is 0 Å². The predicted octanol–water partition coefficient (Wildman–Crippen LogP) is 3.36. The van der Waals surface area contributed by atoms with Gasteiger partial charge in [0.2, 0.25) is 0 Å². The highest BCUT2D eigenvalue weighted by Gasteiger charge is 2.63. The van der Waals surface area contributed by atoms with Gasteiger partial charge in [-0.1, -0.05) is 13.8 Å². The summed E-state index contributed by atoms with van der Waals surface area (Å²) in [6, 6.07) is 0. The summed E-state index contributed by atoms with van der Waals surface area (Å²) in [6.45, 7) is 6.70. The van der Waals surface area contributed by atoms with Gasteiger partial charge in [0.25, 0.3) is 0 Å². The van der Waals surface area contributed by atoms with Crippen LogP contribution in [0.4, 0.5) is 0 Å². The molecule has 24 heavy (non-hydrogen) atoms. The van der Waals surface area contributed by atoms with E-state index in [0.29, 0.717) is 29.6 Å². The van der Waals surface area contributed by atoms with E-state index in [1.165, 1.54) is 19.3 Å². The molecule has 0 aromatic carbocycles. The molecule has 0 amide bonds. The molecule has 4 aliphatic carbocycles. The molecule has 0 spiro atoms. The summed E-state index contributed by atoms with van der Waals surface area (Å²) >= 11 is 0. The van der Waals surface area contributed by atoms with E-state index in [-0.39, 0.29) is 29.1 Å².